The molecule has 0 saturated heterocycles. The molecule has 1 N–H and O–H groups in total. The highest BCUT2D eigenvalue weighted by molar-refractivity contribution is 5.94. The van der Waals surface area contributed by atoms with Gasteiger partial charge in [0.1, 0.15) is 11.6 Å². The third kappa shape index (κ3) is 2.88. The topological polar surface area (TPSA) is 54.9 Å². The molecule has 2 rings (SSSR count). The van der Waals surface area contributed by atoms with Crippen molar-refractivity contribution in [2.24, 2.45) is 0 Å². The number of carbonyl (C=O) groups is 1. The van der Waals surface area contributed by atoms with Gasteiger partial charge in [0.15, 0.2) is 0 Å². The van der Waals surface area contributed by atoms with Gasteiger partial charge in [-0.05, 0) is 25.1 Å². The lowest BCUT2D eigenvalue weighted by molar-refractivity contribution is 0.0946. The number of carbonyl (C=O) groups excluding carboxylic acids is 1. The fraction of sp³-hybridized carbons (Fsp3) is 0.154. The summed E-state index contributed by atoms with van der Waals surface area (Å²) >= 11 is 0. The summed E-state index contributed by atoms with van der Waals surface area (Å²) in [6, 6.07) is 7.56. The van der Waals surface area contributed by atoms with E-state index >= 15 is 0 Å². The first-order valence-electron chi connectivity index (χ1n) is 5.48. The molecule has 0 radical (unpaired) electrons. The molecule has 0 saturated carbocycles. The number of aryl methyl sites for hydroxylation is 1. The van der Waals surface area contributed by atoms with E-state index in [4.69, 9.17) is 0 Å². The molecule has 0 spiro atoms. The number of hydrogen-bond donors (Lipinski definition) is 1. The Morgan fingerprint density at radius 3 is 2.83 bits per heavy atom. The maximum atomic E-state index is 13.3. The number of amides is 1. The Hall–Kier alpha value is -2.30. The minimum Gasteiger partial charge on any atom is -0.346 e. The predicted octanol–water partition coefficient (Wildman–Crippen LogP) is 1.85. The predicted molar refractivity (Wildman–Crippen MR) is 64.3 cm³/mol. The third-order valence-electron chi connectivity index (χ3n) is 2.38. The number of benzene rings is 1. The molecule has 5 heteroatoms. The molecule has 0 aliphatic rings. The Bertz CT molecular complexity index is 572. The molecule has 0 unspecified atom stereocenters. The summed E-state index contributed by atoms with van der Waals surface area (Å²) in [6.45, 7) is 2.01. The summed E-state index contributed by atoms with van der Waals surface area (Å²) < 4.78 is 13.3. The van der Waals surface area contributed by atoms with Gasteiger partial charge in [-0.25, -0.2) is 14.4 Å². The summed E-state index contributed by atoms with van der Waals surface area (Å²) in [7, 11) is 0. The number of nitrogens with zero attached hydrogens (tertiary/aromatic N) is 2. The smallest absolute Gasteiger partial charge is 0.254 e. The van der Waals surface area contributed by atoms with Crippen LogP contribution >= 0.6 is 0 Å². The van der Waals surface area contributed by atoms with Gasteiger partial charge in [-0.2, -0.15) is 0 Å². The van der Waals surface area contributed by atoms with Crippen LogP contribution in [0.1, 0.15) is 21.9 Å². The summed E-state index contributed by atoms with van der Waals surface area (Å²) in [6.07, 6.45) is 1.62. The van der Waals surface area contributed by atoms with Crippen LogP contribution in [-0.2, 0) is 6.54 Å². The van der Waals surface area contributed by atoms with Gasteiger partial charge in [0, 0.05) is 6.20 Å². The van der Waals surface area contributed by atoms with E-state index in [1.807, 2.05) is 0 Å². The Morgan fingerprint density at radius 2 is 2.11 bits per heavy atom. The molecule has 18 heavy (non-hydrogen) atoms. The van der Waals surface area contributed by atoms with Crippen LogP contribution in [0.5, 0.6) is 0 Å². The van der Waals surface area contributed by atoms with E-state index < -0.39 is 11.7 Å². The van der Waals surface area contributed by atoms with Gasteiger partial charge in [-0.15, -0.1) is 0 Å². The Labute approximate surface area is 104 Å². The van der Waals surface area contributed by atoms with Gasteiger partial charge in [-0.3, -0.25) is 4.79 Å². The second kappa shape index (κ2) is 5.35. The maximum absolute atomic E-state index is 13.3. The van der Waals surface area contributed by atoms with Crippen LogP contribution in [0, 0.1) is 12.7 Å². The van der Waals surface area contributed by atoms with Crippen LogP contribution < -0.4 is 5.32 Å². The fourth-order valence-corrected chi connectivity index (χ4v) is 1.52. The molecule has 1 heterocycles. The first-order valence-corrected chi connectivity index (χ1v) is 5.48. The van der Waals surface area contributed by atoms with Crippen molar-refractivity contribution >= 4 is 5.91 Å². The van der Waals surface area contributed by atoms with E-state index in [1.165, 1.54) is 12.1 Å². The van der Waals surface area contributed by atoms with Crippen LogP contribution in [-0.4, -0.2) is 15.9 Å². The van der Waals surface area contributed by atoms with Crippen LogP contribution in [0.15, 0.2) is 36.5 Å². The average molecular weight is 245 g/mol. The van der Waals surface area contributed by atoms with Crippen LogP contribution in [0.3, 0.4) is 0 Å². The van der Waals surface area contributed by atoms with Crippen molar-refractivity contribution in [3.8, 4) is 0 Å². The Morgan fingerprint density at radius 1 is 1.33 bits per heavy atom. The van der Waals surface area contributed by atoms with E-state index in [2.05, 4.69) is 15.3 Å². The van der Waals surface area contributed by atoms with E-state index in [0.29, 0.717) is 11.5 Å². The zero-order valence-corrected chi connectivity index (χ0v) is 9.85. The standard InChI is InChI=1S/C13H12FN3O/c1-9-15-7-6-10(17-9)8-16-13(18)11-4-2-3-5-12(11)14/h2-7H,8H2,1H3,(H,16,18). The highest BCUT2D eigenvalue weighted by Gasteiger charge is 2.10. The third-order valence-corrected chi connectivity index (χ3v) is 2.38. The molecule has 4 nitrogen and oxygen atoms in total. The minimum atomic E-state index is -0.533. The lowest BCUT2D eigenvalue weighted by atomic mass is 10.2. The summed E-state index contributed by atoms with van der Waals surface area (Å²) in [5.41, 5.74) is 0.718. The van der Waals surface area contributed by atoms with Gasteiger partial charge in [-0.1, -0.05) is 12.1 Å². The van der Waals surface area contributed by atoms with E-state index in [1.54, 1.807) is 31.3 Å². The van der Waals surface area contributed by atoms with Gasteiger partial charge >= 0.3 is 0 Å². The zero-order valence-electron chi connectivity index (χ0n) is 9.85. The first-order chi connectivity index (χ1) is 8.66. The average Bonchev–Trinajstić information content (AvgIpc) is 2.37. The van der Waals surface area contributed by atoms with Crippen molar-refractivity contribution in [1.29, 1.82) is 0 Å². The van der Waals surface area contributed by atoms with Crippen molar-refractivity contribution in [1.82, 2.24) is 15.3 Å². The van der Waals surface area contributed by atoms with Gasteiger partial charge in [0.2, 0.25) is 0 Å². The van der Waals surface area contributed by atoms with Crippen molar-refractivity contribution in [3.05, 3.63) is 59.4 Å². The summed E-state index contributed by atoms with van der Waals surface area (Å²) in [5, 5.41) is 2.61. The lowest BCUT2D eigenvalue weighted by Crippen LogP contribution is -2.24. The number of rotatable bonds is 3. The Balaban J connectivity index is 2.03. The Kier molecular flexibility index (Phi) is 3.62. The molecule has 0 atom stereocenters. The molecule has 1 aromatic carbocycles. The molecule has 1 amide bonds. The van der Waals surface area contributed by atoms with Crippen LogP contribution in [0.4, 0.5) is 4.39 Å². The van der Waals surface area contributed by atoms with Crippen LogP contribution in [0.2, 0.25) is 0 Å². The fourth-order valence-electron chi connectivity index (χ4n) is 1.52. The summed E-state index contributed by atoms with van der Waals surface area (Å²) in [4.78, 5) is 19.8. The number of aromatic nitrogens is 2. The second-order valence-corrected chi connectivity index (χ2v) is 3.76. The number of halogens is 1. The second-order valence-electron chi connectivity index (χ2n) is 3.76. The minimum absolute atomic E-state index is 0.0308. The SMILES string of the molecule is Cc1nccc(CNC(=O)c2ccccc2F)n1. The van der Waals surface area contributed by atoms with Gasteiger partial charge in [0.25, 0.3) is 5.91 Å². The number of nitrogens with one attached hydrogen (secondary N) is 1. The van der Waals surface area contributed by atoms with Crippen molar-refractivity contribution in [3.63, 3.8) is 0 Å². The number of hydrogen-bond acceptors (Lipinski definition) is 3. The molecular formula is C13H12FN3O. The van der Waals surface area contributed by atoms with Crippen molar-refractivity contribution in [2.45, 2.75) is 13.5 Å². The molecule has 0 aliphatic carbocycles. The van der Waals surface area contributed by atoms with Crippen molar-refractivity contribution < 1.29 is 9.18 Å². The molecule has 0 bridgehead atoms. The summed E-state index contributed by atoms with van der Waals surface area (Å²) in [5.74, 6) is -0.356. The normalized spacial score (nSPS) is 10.1. The highest BCUT2D eigenvalue weighted by atomic mass is 19.1. The zero-order chi connectivity index (χ0) is 13.0. The van der Waals surface area contributed by atoms with Crippen molar-refractivity contribution in [2.75, 3.05) is 0 Å². The molecular weight excluding hydrogens is 233 g/mol. The molecule has 2 aromatic rings. The monoisotopic (exact) mass is 245 g/mol. The first kappa shape index (κ1) is 12.2. The van der Waals surface area contributed by atoms with Gasteiger partial charge < -0.3 is 5.32 Å². The molecule has 0 aliphatic heterocycles. The molecule has 1 aromatic heterocycles. The molecule has 0 fully saturated rings. The quantitative estimate of drug-likeness (QED) is 0.897. The molecule has 92 valence electrons. The van der Waals surface area contributed by atoms with E-state index in [9.17, 15) is 9.18 Å². The lowest BCUT2D eigenvalue weighted by Gasteiger charge is -2.05. The van der Waals surface area contributed by atoms with E-state index in [0.717, 1.165) is 0 Å². The largest absolute Gasteiger partial charge is 0.346 e. The van der Waals surface area contributed by atoms with Gasteiger partial charge in [0.05, 0.1) is 17.8 Å². The maximum Gasteiger partial charge on any atom is 0.254 e. The van der Waals surface area contributed by atoms with E-state index in [-0.39, 0.29) is 12.1 Å². The highest BCUT2D eigenvalue weighted by Crippen LogP contribution is 2.06. The van der Waals surface area contributed by atoms with Crippen LogP contribution in [0.25, 0.3) is 0 Å².